The van der Waals surface area contributed by atoms with Crippen molar-refractivity contribution in [2.45, 2.75) is 25.2 Å². The van der Waals surface area contributed by atoms with E-state index in [0.29, 0.717) is 18.9 Å². The van der Waals surface area contributed by atoms with Crippen LogP contribution >= 0.6 is 0 Å². The maximum atomic E-state index is 12.6. The van der Waals surface area contributed by atoms with E-state index in [1.54, 1.807) is 0 Å². The Kier molecular flexibility index (Phi) is 5.70. The number of nitrogens with zero attached hydrogens (tertiary/aromatic N) is 1. The summed E-state index contributed by atoms with van der Waals surface area (Å²) in [6, 6.07) is 17.0. The minimum Gasteiger partial charge on any atom is -0.378 e. The Balaban J connectivity index is 1.58. The van der Waals surface area contributed by atoms with Crippen LogP contribution in [0, 0.1) is 5.92 Å². The van der Waals surface area contributed by atoms with Gasteiger partial charge < -0.3 is 15.2 Å². The van der Waals surface area contributed by atoms with Crippen molar-refractivity contribution in [2.75, 3.05) is 25.5 Å². The number of allylic oxidation sites excluding steroid dienone is 2. The number of carbonyl (C=O) groups is 1. The molecule has 1 amide bonds. The predicted octanol–water partition coefficient (Wildman–Crippen LogP) is 4.84. The van der Waals surface area contributed by atoms with Gasteiger partial charge in [0.05, 0.1) is 0 Å². The maximum absolute atomic E-state index is 12.6. The number of nitrogens with one attached hydrogen (secondary N) is 2. The van der Waals surface area contributed by atoms with Crippen LogP contribution in [0.3, 0.4) is 0 Å². The number of benzene rings is 2. The van der Waals surface area contributed by atoms with Gasteiger partial charge in [-0.15, -0.1) is 0 Å². The third-order valence-corrected chi connectivity index (χ3v) is 5.87. The highest BCUT2D eigenvalue weighted by atomic mass is 16.1. The SMILES string of the molecule is CN(C)c1ccc([C@@H](CNC(=O)C[C@H]2C=CCC2)c2c[nH]c3ccccc23)cc1. The lowest BCUT2D eigenvalue weighted by Gasteiger charge is -2.20. The lowest BCUT2D eigenvalue weighted by Crippen LogP contribution is -2.29. The Morgan fingerprint density at radius 1 is 1.17 bits per heavy atom. The molecule has 2 atom stereocenters. The van der Waals surface area contributed by atoms with E-state index in [1.807, 2.05) is 20.2 Å². The average Bonchev–Trinajstić information content (AvgIpc) is 3.39. The molecule has 0 radical (unpaired) electrons. The first kappa shape index (κ1) is 19.3. The number of aromatic nitrogens is 1. The average molecular weight is 388 g/mol. The number of rotatable bonds is 7. The van der Waals surface area contributed by atoms with Gasteiger partial charge in [0.1, 0.15) is 0 Å². The Morgan fingerprint density at radius 2 is 1.97 bits per heavy atom. The molecule has 1 aliphatic rings. The molecule has 4 heteroatoms. The monoisotopic (exact) mass is 387 g/mol. The lowest BCUT2D eigenvalue weighted by molar-refractivity contribution is -0.121. The molecule has 2 N–H and O–H groups in total. The van der Waals surface area contributed by atoms with Crippen LogP contribution in [0.2, 0.25) is 0 Å². The number of carbonyl (C=O) groups excluding carboxylic acids is 1. The van der Waals surface area contributed by atoms with Crippen LogP contribution in [-0.2, 0) is 4.79 Å². The lowest BCUT2D eigenvalue weighted by atomic mass is 9.90. The summed E-state index contributed by atoms with van der Waals surface area (Å²) in [5.74, 6) is 0.627. The predicted molar refractivity (Wildman–Crippen MR) is 120 cm³/mol. The molecule has 29 heavy (non-hydrogen) atoms. The Labute approximate surface area is 172 Å². The molecular weight excluding hydrogens is 358 g/mol. The van der Waals surface area contributed by atoms with Crippen molar-refractivity contribution >= 4 is 22.5 Å². The maximum Gasteiger partial charge on any atom is 0.220 e. The highest BCUT2D eigenvalue weighted by Gasteiger charge is 2.20. The number of amides is 1. The quantitative estimate of drug-likeness (QED) is 0.570. The molecule has 4 nitrogen and oxygen atoms in total. The number of fused-ring (bicyclic) bond motifs is 1. The van der Waals surface area contributed by atoms with Gasteiger partial charge in [-0.05, 0) is 48.1 Å². The van der Waals surface area contributed by atoms with Gasteiger partial charge in [0.2, 0.25) is 5.91 Å². The molecule has 0 saturated carbocycles. The molecule has 1 heterocycles. The van der Waals surface area contributed by atoms with E-state index in [1.165, 1.54) is 22.2 Å². The first-order chi connectivity index (χ1) is 14.1. The van der Waals surface area contributed by atoms with Crippen LogP contribution in [0.25, 0.3) is 10.9 Å². The fourth-order valence-electron chi connectivity index (χ4n) is 4.19. The van der Waals surface area contributed by atoms with Crippen LogP contribution < -0.4 is 10.2 Å². The minimum absolute atomic E-state index is 0.102. The van der Waals surface area contributed by atoms with Gasteiger partial charge >= 0.3 is 0 Å². The fraction of sp³-hybridized carbons (Fsp3) is 0.320. The molecule has 4 rings (SSSR count). The van der Waals surface area contributed by atoms with Crippen molar-refractivity contribution in [3.63, 3.8) is 0 Å². The van der Waals surface area contributed by atoms with Gasteiger partial charge in [0.15, 0.2) is 0 Å². The number of para-hydroxylation sites is 1. The summed E-state index contributed by atoms with van der Waals surface area (Å²) in [7, 11) is 4.09. The molecule has 1 aromatic heterocycles. The van der Waals surface area contributed by atoms with Crippen LogP contribution in [0.4, 0.5) is 5.69 Å². The van der Waals surface area contributed by atoms with Crippen LogP contribution in [0.5, 0.6) is 0 Å². The molecule has 0 spiro atoms. The zero-order valence-corrected chi connectivity index (χ0v) is 17.2. The standard InChI is InChI=1S/C25H29N3O/c1-28(2)20-13-11-19(12-14-20)22(16-27-25(29)15-18-7-3-4-8-18)23-17-26-24-10-6-5-9-21(23)24/h3,5-7,9-14,17-18,22,26H,4,8,15-16H2,1-2H3,(H,27,29)/t18-,22+/m0/s1. The topological polar surface area (TPSA) is 48.1 Å². The normalized spacial score (nSPS) is 16.8. The fourth-order valence-corrected chi connectivity index (χ4v) is 4.19. The molecule has 150 valence electrons. The second-order valence-corrected chi connectivity index (χ2v) is 8.10. The Morgan fingerprint density at radius 3 is 2.69 bits per heavy atom. The Hall–Kier alpha value is -3.01. The number of hydrogen-bond donors (Lipinski definition) is 2. The summed E-state index contributed by atoms with van der Waals surface area (Å²) in [5.41, 5.74) is 4.73. The van der Waals surface area contributed by atoms with E-state index >= 15 is 0 Å². The Bertz CT molecular complexity index is 1000. The molecule has 0 saturated heterocycles. The van der Waals surface area contributed by atoms with E-state index in [4.69, 9.17) is 0 Å². The van der Waals surface area contributed by atoms with Crippen molar-refractivity contribution in [3.8, 4) is 0 Å². The highest BCUT2D eigenvalue weighted by Crippen LogP contribution is 2.31. The summed E-state index contributed by atoms with van der Waals surface area (Å²) < 4.78 is 0. The molecular formula is C25H29N3O. The summed E-state index contributed by atoms with van der Waals surface area (Å²) in [6.07, 6.45) is 9.20. The van der Waals surface area contributed by atoms with Crippen molar-refractivity contribution in [3.05, 3.63) is 78.0 Å². The largest absolute Gasteiger partial charge is 0.378 e. The van der Waals surface area contributed by atoms with Crippen LogP contribution in [-0.4, -0.2) is 31.5 Å². The van der Waals surface area contributed by atoms with Crippen LogP contribution in [0.1, 0.15) is 36.3 Å². The molecule has 3 aromatic rings. The second kappa shape index (κ2) is 8.56. The molecule has 0 fully saturated rings. The number of aromatic amines is 1. The van der Waals surface area contributed by atoms with Crippen LogP contribution in [0.15, 0.2) is 66.9 Å². The zero-order chi connectivity index (χ0) is 20.2. The molecule has 0 bridgehead atoms. The van der Waals surface area contributed by atoms with E-state index in [0.717, 1.165) is 18.4 Å². The first-order valence-electron chi connectivity index (χ1n) is 10.4. The molecule has 1 aliphatic carbocycles. The van der Waals surface area contributed by atoms with Gasteiger partial charge in [-0.25, -0.2) is 0 Å². The van der Waals surface area contributed by atoms with Gasteiger partial charge in [-0.1, -0.05) is 42.5 Å². The summed E-state index contributed by atoms with van der Waals surface area (Å²) in [6.45, 7) is 0.596. The molecule has 0 unspecified atom stereocenters. The first-order valence-corrected chi connectivity index (χ1v) is 10.4. The molecule has 0 aliphatic heterocycles. The van der Waals surface area contributed by atoms with Gasteiger partial charge in [0, 0.05) is 55.8 Å². The summed E-state index contributed by atoms with van der Waals surface area (Å²) in [4.78, 5) is 18.0. The second-order valence-electron chi connectivity index (χ2n) is 8.10. The number of H-pyrrole nitrogens is 1. The van der Waals surface area contributed by atoms with E-state index in [9.17, 15) is 4.79 Å². The van der Waals surface area contributed by atoms with Gasteiger partial charge in [-0.2, -0.15) is 0 Å². The number of anilines is 1. The number of hydrogen-bond acceptors (Lipinski definition) is 2. The third kappa shape index (κ3) is 4.37. The van der Waals surface area contributed by atoms with Gasteiger partial charge in [-0.3, -0.25) is 4.79 Å². The van der Waals surface area contributed by atoms with Crippen molar-refractivity contribution < 1.29 is 4.79 Å². The van der Waals surface area contributed by atoms with E-state index in [2.05, 4.69) is 76.0 Å². The minimum atomic E-state index is 0.102. The third-order valence-electron chi connectivity index (χ3n) is 5.87. The van der Waals surface area contributed by atoms with Gasteiger partial charge in [0.25, 0.3) is 0 Å². The molecule has 2 aromatic carbocycles. The highest BCUT2D eigenvalue weighted by molar-refractivity contribution is 5.84. The van der Waals surface area contributed by atoms with E-state index < -0.39 is 0 Å². The van der Waals surface area contributed by atoms with Crippen molar-refractivity contribution in [2.24, 2.45) is 5.92 Å². The van der Waals surface area contributed by atoms with E-state index in [-0.39, 0.29) is 11.8 Å². The summed E-state index contributed by atoms with van der Waals surface area (Å²) >= 11 is 0. The smallest absolute Gasteiger partial charge is 0.220 e. The van der Waals surface area contributed by atoms with Crippen molar-refractivity contribution in [1.82, 2.24) is 10.3 Å². The zero-order valence-electron chi connectivity index (χ0n) is 17.2. The summed E-state index contributed by atoms with van der Waals surface area (Å²) in [5, 5.41) is 4.41. The van der Waals surface area contributed by atoms with Crippen molar-refractivity contribution in [1.29, 1.82) is 0 Å².